The van der Waals surface area contributed by atoms with Crippen molar-refractivity contribution in [3.8, 4) is 28.1 Å². The van der Waals surface area contributed by atoms with Gasteiger partial charge in [-0.1, -0.05) is 56.5 Å². The molecule has 2 aliphatic rings. The van der Waals surface area contributed by atoms with Crippen molar-refractivity contribution in [2.24, 2.45) is 21.7 Å². The number of nitrogens with zero attached hydrogens (tertiary/aromatic N) is 4. The highest BCUT2D eigenvalue weighted by Gasteiger charge is 2.49. The highest BCUT2D eigenvalue weighted by Crippen LogP contribution is 2.40. The van der Waals surface area contributed by atoms with Gasteiger partial charge < -0.3 is 10.5 Å². The molecule has 1 spiro atoms. The first-order chi connectivity index (χ1) is 19.5. The second kappa shape index (κ2) is 11.9. The van der Waals surface area contributed by atoms with Crippen molar-refractivity contribution in [1.29, 1.82) is 0 Å². The van der Waals surface area contributed by atoms with Crippen molar-refractivity contribution in [2.75, 3.05) is 7.11 Å². The first-order valence-electron chi connectivity index (χ1n) is 13.9. The van der Waals surface area contributed by atoms with Crippen LogP contribution >= 0.6 is 0 Å². The van der Waals surface area contributed by atoms with Crippen LogP contribution in [0.3, 0.4) is 0 Å². The fourth-order valence-corrected chi connectivity index (χ4v) is 5.66. The van der Waals surface area contributed by atoms with Crippen LogP contribution in [0.2, 0.25) is 0 Å². The number of methoxy groups -OCH3 is 1. The molecule has 1 aliphatic heterocycles. The molecule has 1 amide bonds. The molecule has 5 N–H and O–H groups in total. The third-order valence-electron chi connectivity index (χ3n) is 7.83. The number of ether oxygens (including phenoxy) is 1. The molecular weight excluding hydrogens is 502 g/mol. The molecule has 5 rings (SSSR count). The van der Waals surface area contributed by atoms with E-state index in [0.29, 0.717) is 6.54 Å². The Bertz CT molecular complexity index is 1430. The van der Waals surface area contributed by atoms with E-state index in [-0.39, 0.29) is 11.7 Å². The van der Waals surface area contributed by atoms with Gasteiger partial charge in [-0.15, -0.1) is 5.10 Å². The maximum Gasteiger partial charge on any atom is 0.256 e. The fourth-order valence-electron chi connectivity index (χ4n) is 5.66. The molecule has 1 saturated carbocycles. The molecule has 9 nitrogen and oxygen atoms in total. The van der Waals surface area contributed by atoms with Gasteiger partial charge in [-0.3, -0.25) is 19.7 Å². The van der Waals surface area contributed by atoms with Crippen LogP contribution in [0.1, 0.15) is 63.0 Å². The zero-order chi connectivity index (χ0) is 28.1. The van der Waals surface area contributed by atoms with E-state index in [0.717, 1.165) is 90.0 Å². The van der Waals surface area contributed by atoms with E-state index >= 15 is 0 Å². The molecule has 0 bridgehead atoms. The van der Waals surface area contributed by atoms with Gasteiger partial charge in [-0.2, -0.15) is 0 Å². The van der Waals surface area contributed by atoms with Crippen LogP contribution in [0, 0.1) is 0 Å². The number of hydrogen-bond acceptors (Lipinski definition) is 7. The number of unbranched alkanes of at least 4 members (excludes halogenated alkanes) is 1. The van der Waals surface area contributed by atoms with Crippen molar-refractivity contribution in [3.63, 3.8) is 0 Å². The van der Waals surface area contributed by atoms with Crippen molar-refractivity contribution in [3.05, 3.63) is 71.9 Å². The lowest BCUT2D eigenvalue weighted by molar-refractivity contribution is -0.131. The molecule has 1 fully saturated rings. The number of amides is 1. The number of rotatable bonds is 10. The van der Waals surface area contributed by atoms with Gasteiger partial charge in [0, 0.05) is 29.8 Å². The Morgan fingerprint density at radius 1 is 1.10 bits per heavy atom. The molecule has 0 unspecified atom stereocenters. The van der Waals surface area contributed by atoms with E-state index in [1.807, 2.05) is 35.2 Å². The third-order valence-corrected chi connectivity index (χ3v) is 7.83. The van der Waals surface area contributed by atoms with Gasteiger partial charge in [-0.25, -0.2) is 11.4 Å². The Hall–Kier alpha value is -4.24. The van der Waals surface area contributed by atoms with Crippen LogP contribution in [-0.2, 0) is 11.3 Å². The zero-order valence-electron chi connectivity index (χ0n) is 23.2. The van der Waals surface area contributed by atoms with Crippen molar-refractivity contribution in [2.45, 2.75) is 64.0 Å². The second-order valence-electron chi connectivity index (χ2n) is 10.4. The Balaban J connectivity index is 1.45. The quantitative estimate of drug-likeness (QED) is 0.147. The fraction of sp³-hybridized carbons (Fsp3) is 0.355. The average molecular weight is 540 g/mol. The Morgan fingerprint density at radius 2 is 1.85 bits per heavy atom. The monoisotopic (exact) mass is 539 g/mol. The summed E-state index contributed by atoms with van der Waals surface area (Å²) in [5, 5.41) is 4.00. The Morgan fingerprint density at radius 3 is 2.55 bits per heavy atom. The number of hydrazine groups is 1. The highest BCUT2D eigenvalue weighted by atomic mass is 16.5. The number of carbonyl (C=O) groups excluding carboxylic acids is 1. The molecule has 0 saturated heterocycles. The molecule has 0 atom stereocenters. The topological polar surface area (TPSA) is 131 Å². The molecule has 0 radical (unpaired) electrons. The summed E-state index contributed by atoms with van der Waals surface area (Å²) in [6.07, 6.45) is 8.51. The molecule has 2 heterocycles. The molecule has 9 heteroatoms. The average Bonchev–Trinajstić information content (AvgIpc) is 3.57. The largest absolute Gasteiger partial charge is 0.497 e. The standard InChI is InChI=1S/C31H37N7O2/c1-3-4-7-28-35-31(15-5-6-16-31)30(39)38(28)20-21-8-10-22(11-9-21)26-18-23(12-13-25(26)29(32)36-37-33)27-19-24(40-2)14-17-34-27/h8-14,17-19,37H,3-7,15-16,20,33H2,1-2H3,(H2,32,36). The highest BCUT2D eigenvalue weighted by molar-refractivity contribution is 6.08. The van der Waals surface area contributed by atoms with Gasteiger partial charge in [-0.05, 0) is 54.2 Å². The second-order valence-corrected chi connectivity index (χ2v) is 10.4. The molecule has 2 aromatic carbocycles. The van der Waals surface area contributed by atoms with Gasteiger partial charge in [0.2, 0.25) is 0 Å². The number of nitrogens with two attached hydrogens (primary N) is 2. The number of hydrazone groups is 1. The minimum absolute atomic E-state index is 0.166. The lowest BCUT2D eigenvalue weighted by Crippen LogP contribution is -2.40. The summed E-state index contributed by atoms with van der Waals surface area (Å²) in [7, 11) is 1.63. The number of aliphatic imine (C=N–C) groups is 1. The summed E-state index contributed by atoms with van der Waals surface area (Å²) in [6.45, 7) is 2.69. The lowest BCUT2D eigenvalue weighted by Gasteiger charge is -2.23. The van der Waals surface area contributed by atoms with Crippen LogP contribution in [-0.4, -0.2) is 40.1 Å². The molecule has 3 aromatic rings. The van der Waals surface area contributed by atoms with Crippen LogP contribution < -0.4 is 21.8 Å². The first kappa shape index (κ1) is 27.3. The Labute approximate surface area is 235 Å². The minimum Gasteiger partial charge on any atom is -0.497 e. The minimum atomic E-state index is -0.527. The van der Waals surface area contributed by atoms with E-state index in [4.69, 9.17) is 21.3 Å². The van der Waals surface area contributed by atoms with E-state index in [9.17, 15) is 4.79 Å². The van der Waals surface area contributed by atoms with Crippen LogP contribution in [0.4, 0.5) is 0 Å². The number of pyridine rings is 1. The summed E-state index contributed by atoms with van der Waals surface area (Å²) in [5.74, 6) is 7.53. The number of amidine groups is 2. The summed E-state index contributed by atoms with van der Waals surface area (Å²) >= 11 is 0. The molecule has 1 aromatic heterocycles. The number of hydrogen-bond donors (Lipinski definition) is 3. The maximum absolute atomic E-state index is 13.5. The van der Waals surface area contributed by atoms with Crippen LogP contribution in [0.15, 0.2) is 70.9 Å². The number of carbonyl (C=O) groups is 1. The van der Waals surface area contributed by atoms with Crippen molar-refractivity contribution >= 4 is 17.6 Å². The molecule has 208 valence electrons. The third kappa shape index (κ3) is 5.42. The first-order valence-corrected chi connectivity index (χ1v) is 13.9. The van der Waals surface area contributed by atoms with Gasteiger partial charge in [0.15, 0.2) is 5.84 Å². The van der Waals surface area contributed by atoms with E-state index in [1.165, 1.54) is 0 Å². The maximum atomic E-state index is 13.5. The zero-order valence-corrected chi connectivity index (χ0v) is 23.2. The predicted octanol–water partition coefficient (Wildman–Crippen LogP) is 4.75. The predicted molar refractivity (Wildman–Crippen MR) is 158 cm³/mol. The van der Waals surface area contributed by atoms with Gasteiger partial charge in [0.25, 0.3) is 5.91 Å². The summed E-state index contributed by atoms with van der Waals surface area (Å²) in [4.78, 5) is 25.0. The van der Waals surface area contributed by atoms with Gasteiger partial charge >= 0.3 is 0 Å². The number of nitrogens with one attached hydrogen (secondary N) is 1. The van der Waals surface area contributed by atoms with Crippen LogP contribution in [0.5, 0.6) is 5.75 Å². The SMILES string of the molecule is CCCCC1=NC2(CCCC2)C(=O)N1Cc1ccc(-c2cc(-c3cc(OC)ccn3)ccc2/C(N)=N/NN)cc1. The molecule has 1 aliphatic carbocycles. The van der Waals surface area contributed by atoms with E-state index in [2.05, 4.69) is 46.8 Å². The van der Waals surface area contributed by atoms with Crippen molar-refractivity contribution < 1.29 is 9.53 Å². The lowest BCUT2D eigenvalue weighted by atomic mass is 9.94. The molecule has 40 heavy (non-hydrogen) atoms. The smallest absolute Gasteiger partial charge is 0.256 e. The van der Waals surface area contributed by atoms with Crippen LogP contribution in [0.25, 0.3) is 22.4 Å². The van der Waals surface area contributed by atoms with Crippen molar-refractivity contribution in [1.82, 2.24) is 15.4 Å². The summed E-state index contributed by atoms with van der Waals surface area (Å²) in [5.41, 5.74) is 13.3. The number of benzene rings is 2. The molecular formula is C31H37N7O2. The van der Waals surface area contributed by atoms with Gasteiger partial charge in [0.1, 0.15) is 17.1 Å². The summed E-state index contributed by atoms with van der Waals surface area (Å²) < 4.78 is 5.38. The Kier molecular flexibility index (Phi) is 8.11. The van der Waals surface area contributed by atoms with E-state index in [1.54, 1.807) is 13.3 Å². The van der Waals surface area contributed by atoms with E-state index < -0.39 is 5.54 Å². The van der Waals surface area contributed by atoms with Gasteiger partial charge in [0.05, 0.1) is 19.3 Å². The summed E-state index contributed by atoms with van der Waals surface area (Å²) in [6, 6.07) is 17.8. The normalized spacial score (nSPS) is 16.5. The number of aromatic nitrogens is 1.